The summed E-state index contributed by atoms with van der Waals surface area (Å²) >= 11 is 3.36. The molecule has 2 unspecified atom stereocenters. The van der Waals surface area contributed by atoms with Crippen LogP contribution in [0.15, 0.2) is 28.7 Å². The minimum atomic E-state index is -0.601. The van der Waals surface area contributed by atoms with Gasteiger partial charge in [-0.05, 0) is 36.1 Å². The second kappa shape index (κ2) is 8.73. The van der Waals surface area contributed by atoms with Gasteiger partial charge >= 0.3 is 0 Å². The highest BCUT2D eigenvalue weighted by atomic mass is 79.9. The molecule has 0 aliphatic rings. The molecular weight excluding hydrogens is 334 g/mol. The predicted octanol–water partition coefficient (Wildman–Crippen LogP) is 2.58. The van der Waals surface area contributed by atoms with Crippen molar-refractivity contribution in [3.63, 3.8) is 0 Å². The molecule has 1 aromatic carbocycles. The molecule has 5 heteroatoms. The molecule has 0 saturated heterocycles. The SMILES string of the molecule is CC(C)(C)CC(O)CNCC(O)COc1ccc(Br)cc1. The van der Waals surface area contributed by atoms with E-state index in [1.807, 2.05) is 24.3 Å². The molecule has 1 rings (SSSR count). The molecule has 0 bridgehead atoms. The van der Waals surface area contributed by atoms with E-state index in [1.165, 1.54) is 0 Å². The maximum atomic E-state index is 9.85. The monoisotopic (exact) mass is 359 g/mol. The van der Waals surface area contributed by atoms with Crippen LogP contribution in [-0.4, -0.2) is 42.1 Å². The van der Waals surface area contributed by atoms with Gasteiger partial charge in [-0.1, -0.05) is 36.7 Å². The van der Waals surface area contributed by atoms with E-state index >= 15 is 0 Å². The standard InChI is InChI=1S/C16H26BrNO3/c1-16(2,3)8-13(19)9-18-10-14(20)11-21-15-6-4-12(17)5-7-15/h4-7,13-14,18-20H,8-11H2,1-3H3. The fourth-order valence-corrected chi connectivity index (χ4v) is 2.24. The number of hydrogen-bond donors (Lipinski definition) is 3. The molecule has 120 valence electrons. The molecule has 0 aliphatic heterocycles. The quantitative estimate of drug-likeness (QED) is 0.667. The van der Waals surface area contributed by atoms with Gasteiger partial charge in [0.2, 0.25) is 0 Å². The third-order valence-electron chi connectivity index (χ3n) is 2.86. The molecule has 4 nitrogen and oxygen atoms in total. The highest BCUT2D eigenvalue weighted by Crippen LogP contribution is 2.20. The Morgan fingerprint density at radius 1 is 1.10 bits per heavy atom. The summed E-state index contributed by atoms with van der Waals surface area (Å²) in [4.78, 5) is 0. The highest BCUT2D eigenvalue weighted by molar-refractivity contribution is 9.10. The average molecular weight is 360 g/mol. The van der Waals surface area contributed by atoms with Gasteiger partial charge in [0.05, 0.1) is 6.10 Å². The Bertz CT molecular complexity index is 403. The lowest BCUT2D eigenvalue weighted by Crippen LogP contribution is -2.37. The van der Waals surface area contributed by atoms with Gasteiger partial charge in [0.1, 0.15) is 18.5 Å². The number of ether oxygens (including phenoxy) is 1. The van der Waals surface area contributed by atoms with E-state index in [-0.39, 0.29) is 12.0 Å². The van der Waals surface area contributed by atoms with Gasteiger partial charge in [0.15, 0.2) is 0 Å². The number of aliphatic hydroxyl groups is 2. The van der Waals surface area contributed by atoms with Crippen molar-refractivity contribution >= 4 is 15.9 Å². The smallest absolute Gasteiger partial charge is 0.119 e. The first-order valence-electron chi connectivity index (χ1n) is 7.21. The van der Waals surface area contributed by atoms with Crippen LogP contribution >= 0.6 is 15.9 Å². The number of aliphatic hydroxyl groups excluding tert-OH is 2. The lowest BCUT2D eigenvalue weighted by molar-refractivity contribution is 0.0907. The molecule has 0 fully saturated rings. The summed E-state index contributed by atoms with van der Waals surface area (Å²) in [7, 11) is 0. The molecule has 0 heterocycles. The number of nitrogens with one attached hydrogen (secondary N) is 1. The molecule has 2 atom stereocenters. The van der Waals surface area contributed by atoms with Crippen LogP contribution in [0.25, 0.3) is 0 Å². The van der Waals surface area contributed by atoms with Gasteiger partial charge in [0.25, 0.3) is 0 Å². The number of rotatable bonds is 8. The molecule has 1 aromatic rings. The van der Waals surface area contributed by atoms with E-state index in [1.54, 1.807) is 0 Å². The Balaban J connectivity index is 2.16. The van der Waals surface area contributed by atoms with E-state index in [0.717, 1.165) is 16.6 Å². The van der Waals surface area contributed by atoms with Crippen molar-refractivity contribution in [1.82, 2.24) is 5.32 Å². The van der Waals surface area contributed by atoms with Crippen molar-refractivity contribution in [1.29, 1.82) is 0 Å². The summed E-state index contributed by atoms with van der Waals surface area (Å²) in [6.07, 6.45) is -0.272. The van der Waals surface area contributed by atoms with Crippen molar-refractivity contribution in [3.05, 3.63) is 28.7 Å². The minimum absolute atomic E-state index is 0.102. The Morgan fingerprint density at radius 2 is 1.67 bits per heavy atom. The molecular formula is C16H26BrNO3. The maximum Gasteiger partial charge on any atom is 0.119 e. The summed E-state index contributed by atoms with van der Waals surface area (Å²) in [5.41, 5.74) is 0.102. The van der Waals surface area contributed by atoms with Gasteiger partial charge in [-0.3, -0.25) is 0 Å². The first kappa shape index (κ1) is 18.4. The van der Waals surface area contributed by atoms with Gasteiger partial charge < -0.3 is 20.3 Å². The molecule has 21 heavy (non-hydrogen) atoms. The van der Waals surface area contributed by atoms with Crippen molar-refractivity contribution in [2.75, 3.05) is 19.7 Å². The zero-order valence-corrected chi connectivity index (χ0v) is 14.6. The predicted molar refractivity (Wildman–Crippen MR) is 88.6 cm³/mol. The number of benzene rings is 1. The molecule has 0 spiro atoms. The summed E-state index contributed by atoms with van der Waals surface area (Å²) in [5.74, 6) is 0.727. The van der Waals surface area contributed by atoms with E-state index in [0.29, 0.717) is 13.1 Å². The summed E-state index contributed by atoms with van der Waals surface area (Å²) in [5, 5.41) is 22.7. The summed E-state index contributed by atoms with van der Waals surface area (Å²) in [6, 6.07) is 7.47. The van der Waals surface area contributed by atoms with Crippen molar-refractivity contribution < 1.29 is 14.9 Å². The summed E-state index contributed by atoms with van der Waals surface area (Å²) in [6.45, 7) is 7.39. The fraction of sp³-hybridized carbons (Fsp3) is 0.625. The van der Waals surface area contributed by atoms with E-state index in [4.69, 9.17) is 4.74 Å². The lowest BCUT2D eigenvalue weighted by Gasteiger charge is -2.23. The molecule has 0 aromatic heterocycles. The first-order chi connectivity index (χ1) is 9.76. The largest absolute Gasteiger partial charge is 0.491 e. The zero-order chi connectivity index (χ0) is 15.9. The van der Waals surface area contributed by atoms with Gasteiger partial charge in [0, 0.05) is 17.6 Å². The maximum absolute atomic E-state index is 9.85. The van der Waals surface area contributed by atoms with Gasteiger partial charge in [-0.25, -0.2) is 0 Å². The summed E-state index contributed by atoms with van der Waals surface area (Å²) < 4.78 is 6.48. The molecule has 0 aliphatic carbocycles. The van der Waals surface area contributed by atoms with Crippen molar-refractivity contribution in [2.24, 2.45) is 5.41 Å². The molecule has 0 saturated carbocycles. The Kier molecular flexibility index (Phi) is 7.66. The molecule has 0 radical (unpaired) electrons. The lowest BCUT2D eigenvalue weighted by atomic mass is 9.89. The second-order valence-corrected chi connectivity index (χ2v) is 7.41. The van der Waals surface area contributed by atoms with Crippen LogP contribution < -0.4 is 10.1 Å². The van der Waals surface area contributed by atoms with Gasteiger partial charge in [-0.2, -0.15) is 0 Å². The minimum Gasteiger partial charge on any atom is -0.491 e. The number of halogens is 1. The van der Waals surface area contributed by atoms with E-state index in [2.05, 4.69) is 42.0 Å². The Morgan fingerprint density at radius 3 is 2.24 bits per heavy atom. The topological polar surface area (TPSA) is 61.7 Å². The van der Waals surface area contributed by atoms with Crippen LogP contribution in [0, 0.1) is 5.41 Å². The van der Waals surface area contributed by atoms with Gasteiger partial charge in [-0.15, -0.1) is 0 Å². The van der Waals surface area contributed by atoms with Crippen molar-refractivity contribution in [2.45, 2.75) is 39.4 Å². The zero-order valence-electron chi connectivity index (χ0n) is 13.0. The average Bonchev–Trinajstić information content (AvgIpc) is 2.36. The van der Waals surface area contributed by atoms with Crippen molar-refractivity contribution in [3.8, 4) is 5.75 Å². The van der Waals surface area contributed by atoms with Crippen LogP contribution in [0.4, 0.5) is 0 Å². The number of hydrogen-bond acceptors (Lipinski definition) is 4. The normalized spacial score (nSPS) is 14.8. The van der Waals surface area contributed by atoms with Crippen LogP contribution in [0.1, 0.15) is 27.2 Å². The molecule has 3 N–H and O–H groups in total. The Hall–Kier alpha value is -0.620. The van der Waals surface area contributed by atoms with E-state index < -0.39 is 12.2 Å². The fourth-order valence-electron chi connectivity index (χ4n) is 1.98. The third kappa shape index (κ3) is 9.09. The third-order valence-corrected chi connectivity index (χ3v) is 3.39. The van der Waals surface area contributed by atoms with Crippen LogP contribution in [-0.2, 0) is 0 Å². The molecule has 0 amide bonds. The second-order valence-electron chi connectivity index (χ2n) is 6.50. The van der Waals surface area contributed by atoms with Crippen LogP contribution in [0.2, 0.25) is 0 Å². The Labute approximate surface area is 135 Å². The first-order valence-corrected chi connectivity index (χ1v) is 8.01. The van der Waals surface area contributed by atoms with Crippen LogP contribution in [0.5, 0.6) is 5.75 Å². The van der Waals surface area contributed by atoms with Crippen LogP contribution in [0.3, 0.4) is 0 Å². The van der Waals surface area contributed by atoms with E-state index in [9.17, 15) is 10.2 Å². The highest BCUT2D eigenvalue weighted by Gasteiger charge is 2.16.